The summed E-state index contributed by atoms with van der Waals surface area (Å²) in [5.74, 6) is -0.849. The number of rotatable bonds is 9. The highest BCUT2D eigenvalue weighted by Crippen LogP contribution is 2.19. The molecule has 0 saturated carbocycles. The van der Waals surface area contributed by atoms with Crippen LogP contribution in [-0.4, -0.2) is 29.4 Å². The minimum atomic E-state index is -0.737. The molecule has 8 nitrogen and oxygen atoms in total. The zero-order valence-corrected chi connectivity index (χ0v) is 15.8. The Morgan fingerprint density at radius 3 is 2.32 bits per heavy atom. The van der Waals surface area contributed by atoms with Gasteiger partial charge in [0, 0.05) is 23.2 Å². The second-order valence-electron chi connectivity index (χ2n) is 6.68. The van der Waals surface area contributed by atoms with Gasteiger partial charge in [0.2, 0.25) is 0 Å². The number of hydrogen-bond acceptors (Lipinski definition) is 6. The monoisotopic (exact) mass is 385 g/mol. The van der Waals surface area contributed by atoms with Gasteiger partial charge in [-0.05, 0) is 37.5 Å². The molecule has 0 bridgehead atoms. The van der Waals surface area contributed by atoms with Gasteiger partial charge in [-0.25, -0.2) is 5.43 Å². The summed E-state index contributed by atoms with van der Waals surface area (Å²) in [6.45, 7) is 1.82. The average Bonchev–Trinajstić information content (AvgIpc) is 2.71. The van der Waals surface area contributed by atoms with E-state index >= 15 is 0 Å². The van der Waals surface area contributed by atoms with Gasteiger partial charge in [-0.1, -0.05) is 30.3 Å². The SMILES string of the molecule is COC(=O)CC(C)(CCc1ccccc1)NNC(=O)c1ccc([N+](=O)[O-])cc1. The first-order valence-corrected chi connectivity index (χ1v) is 8.76. The van der Waals surface area contributed by atoms with E-state index < -0.39 is 22.3 Å². The number of nitro benzene ring substituents is 1. The zero-order chi connectivity index (χ0) is 20.6. The van der Waals surface area contributed by atoms with E-state index in [1.54, 1.807) is 0 Å². The van der Waals surface area contributed by atoms with Gasteiger partial charge in [0.25, 0.3) is 11.6 Å². The summed E-state index contributed by atoms with van der Waals surface area (Å²) < 4.78 is 4.77. The number of aryl methyl sites for hydroxylation is 1. The molecule has 0 radical (unpaired) electrons. The first-order valence-electron chi connectivity index (χ1n) is 8.76. The van der Waals surface area contributed by atoms with Crippen LogP contribution >= 0.6 is 0 Å². The van der Waals surface area contributed by atoms with Crippen LogP contribution in [0.25, 0.3) is 0 Å². The van der Waals surface area contributed by atoms with Gasteiger partial charge in [0.15, 0.2) is 0 Å². The molecule has 0 fully saturated rings. The van der Waals surface area contributed by atoms with Crippen LogP contribution in [0.2, 0.25) is 0 Å². The van der Waals surface area contributed by atoms with Gasteiger partial charge >= 0.3 is 5.97 Å². The molecule has 0 aliphatic rings. The van der Waals surface area contributed by atoms with Crippen LogP contribution in [0, 0.1) is 10.1 Å². The Morgan fingerprint density at radius 1 is 1.11 bits per heavy atom. The fraction of sp³-hybridized carbons (Fsp3) is 0.300. The Kier molecular flexibility index (Phi) is 7.22. The van der Waals surface area contributed by atoms with Crippen molar-refractivity contribution in [1.82, 2.24) is 10.9 Å². The molecule has 2 aromatic rings. The molecule has 0 spiro atoms. The maximum absolute atomic E-state index is 12.3. The van der Waals surface area contributed by atoms with E-state index in [1.165, 1.54) is 31.4 Å². The van der Waals surface area contributed by atoms with Crippen LogP contribution in [0.5, 0.6) is 0 Å². The topological polar surface area (TPSA) is 111 Å². The number of esters is 1. The van der Waals surface area contributed by atoms with Gasteiger partial charge in [-0.2, -0.15) is 0 Å². The zero-order valence-electron chi connectivity index (χ0n) is 15.8. The Labute approximate surface area is 163 Å². The Hall–Kier alpha value is -3.26. The van der Waals surface area contributed by atoms with E-state index in [-0.39, 0.29) is 17.7 Å². The number of methoxy groups -OCH3 is 1. The molecule has 1 amide bonds. The summed E-state index contributed by atoms with van der Waals surface area (Å²) >= 11 is 0. The van der Waals surface area contributed by atoms with Crippen molar-refractivity contribution in [2.45, 2.75) is 31.7 Å². The van der Waals surface area contributed by atoms with Crippen molar-refractivity contribution < 1.29 is 19.2 Å². The molecule has 0 aliphatic carbocycles. The maximum Gasteiger partial charge on any atom is 0.307 e. The summed E-state index contributed by atoms with van der Waals surface area (Å²) in [6, 6.07) is 15.1. The lowest BCUT2D eigenvalue weighted by molar-refractivity contribution is -0.384. The lowest BCUT2D eigenvalue weighted by Gasteiger charge is -2.30. The molecule has 8 heteroatoms. The summed E-state index contributed by atoms with van der Waals surface area (Å²) in [4.78, 5) is 34.3. The van der Waals surface area contributed by atoms with Crippen LogP contribution in [0.3, 0.4) is 0 Å². The number of ether oxygens (including phenoxy) is 1. The van der Waals surface area contributed by atoms with Crippen molar-refractivity contribution in [3.8, 4) is 0 Å². The number of nitro groups is 1. The van der Waals surface area contributed by atoms with E-state index in [0.717, 1.165) is 5.56 Å². The van der Waals surface area contributed by atoms with E-state index in [0.29, 0.717) is 12.8 Å². The predicted octanol–water partition coefficient (Wildman–Crippen LogP) is 2.78. The molecule has 2 N–H and O–H groups in total. The first kappa shape index (κ1) is 21.0. The summed E-state index contributed by atoms with van der Waals surface area (Å²) in [6.07, 6.45) is 1.35. The number of carbonyl (C=O) groups is 2. The predicted molar refractivity (Wildman–Crippen MR) is 103 cm³/mol. The lowest BCUT2D eigenvalue weighted by Crippen LogP contribution is -2.53. The van der Waals surface area contributed by atoms with Crippen molar-refractivity contribution >= 4 is 17.6 Å². The number of nitrogens with zero attached hydrogens (tertiary/aromatic N) is 1. The quantitative estimate of drug-likeness (QED) is 0.390. The molecule has 0 aliphatic heterocycles. The fourth-order valence-corrected chi connectivity index (χ4v) is 2.67. The van der Waals surface area contributed by atoms with Gasteiger partial charge < -0.3 is 4.74 Å². The Balaban J connectivity index is 2.03. The van der Waals surface area contributed by atoms with Gasteiger partial charge in [0.1, 0.15) is 0 Å². The average molecular weight is 385 g/mol. The van der Waals surface area contributed by atoms with E-state index in [2.05, 4.69) is 10.9 Å². The standard InChI is InChI=1S/C20H23N3O5/c1-20(14-18(24)28-2,13-12-15-6-4-3-5-7-15)22-21-19(25)16-8-10-17(11-9-16)23(26)27/h3-11,22H,12-14H2,1-2H3,(H,21,25). The van der Waals surface area contributed by atoms with Crippen molar-refractivity contribution in [3.63, 3.8) is 0 Å². The molecule has 2 rings (SSSR count). The van der Waals surface area contributed by atoms with Crippen LogP contribution in [0.1, 0.15) is 35.7 Å². The van der Waals surface area contributed by atoms with Crippen LogP contribution in [-0.2, 0) is 16.0 Å². The van der Waals surface area contributed by atoms with Crippen LogP contribution in [0.4, 0.5) is 5.69 Å². The second kappa shape index (κ2) is 9.61. The summed E-state index contributed by atoms with van der Waals surface area (Å²) in [5.41, 5.74) is 6.07. The number of benzene rings is 2. The molecule has 1 atom stereocenters. The van der Waals surface area contributed by atoms with Gasteiger partial charge in [-0.3, -0.25) is 25.1 Å². The minimum Gasteiger partial charge on any atom is -0.469 e. The molecule has 2 aromatic carbocycles. The van der Waals surface area contributed by atoms with Crippen molar-refractivity contribution in [3.05, 3.63) is 75.8 Å². The number of nitrogens with one attached hydrogen (secondary N) is 2. The minimum absolute atomic E-state index is 0.0663. The largest absolute Gasteiger partial charge is 0.469 e. The van der Waals surface area contributed by atoms with Crippen LogP contribution in [0.15, 0.2) is 54.6 Å². The molecule has 28 heavy (non-hydrogen) atoms. The van der Waals surface area contributed by atoms with Crippen LogP contribution < -0.4 is 10.9 Å². The molecule has 1 unspecified atom stereocenters. The Bertz CT molecular complexity index is 823. The number of amides is 1. The normalized spacial score (nSPS) is 12.6. The van der Waals surface area contributed by atoms with Gasteiger partial charge in [-0.15, -0.1) is 0 Å². The van der Waals surface area contributed by atoms with E-state index in [9.17, 15) is 19.7 Å². The van der Waals surface area contributed by atoms with Gasteiger partial charge in [0.05, 0.1) is 18.5 Å². The number of hydrogen-bond donors (Lipinski definition) is 2. The molecular formula is C20H23N3O5. The lowest BCUT2D eigenvalue weighted by atomic mass is 9.90. The summed E-state index contributed by atoms with van der Waals surface area (Å²) in [5, 5.41) is 10.7. The first-order chi connectivity index (χ1) is 13.3. The maximum atomic E-state index is 12.3. The van der Waals surface area contributed by atoms with E-state index in [4.69, 9.17) is 4.74 Å². The van der Waals surface area contributed by atoms with Crippen molar-refractivity contribution in [2.75, 3.05) is 7.11 Å². The second-order valence-corrected chi connectivity index (χ2v) is 6.68. The molecule has 0 saturated heterocycles. The number of hydrazine groups is 1. The highest BCUT2D eigenvalue weighted by atomic mass is 16.6. The molecular weight excluding hydrogens is 362 g/mol. The van der Waals surface area contributed by atoms with Crippen molar-refractivity contribution in [1.29, 1.82) is 0 Å². The third-order valence-corrected chi connectivity index (χ3v) is 4.39. The third kappa shape index (κ3) is 6.17. The highest BCUT2D eigenvalue weighted by molar-refractivity contribution is 5.94. The third-order valence-electron chi connectivity index (χ3n) is 4.39. The smallest absolute Gasteiger partial charge is 0.307 e. The fourth-order valence-electron chi connectivity index (χ4n) is 2.67. The number of carbonyl (C=O) groups excluding carboxylic acids is 2. The van der Waals surface area contributed by atoms with E-state index in [1.807, 2.05) is 37.3 Å². The Morgan fingerprint density at radius 2 is 1.75 bits per heavy atom. The molecule has 0 aromatic heterocycles. The van der Waals surface area contributed by atoms with Crippen molar-refractivity contribution in [2.24, 2.45) is 0 Å². The molecule has 148 valence electrons. The number of non-ortho nitro benzene ring substituents is 1. The highest BCUT2D eigenvalue weighted by Gasteiger charge is 2.28. The molecule has 0 heterocycles. The summed E-state index contributed by atoms with van der Waals surface area (Å²) in [7, 11) is 1.31.